The lowest BCUT2D eigenvalue weighted by Gasteiger charge is -2.40. The van der Waals surface area contributed by atoms with Gasteiger partial charge in [0.2, 0.25) is 17.6 Å². The van der Waals surface area contributed by atoms with Gasteiger partial charge < -0.3 is 14.2 Å². The van der Waals surface area contributed by atoms with Crippen LogP contribution >= 0.6 is 11.6 Å². The average molecular weight is 573 g/mol. The Morgan fingerprint density at radius 1 is 1.15 bits per heavy atom. The molecular weight excluding hydrogens is 544 g/mol. The zero-order chi connectivity index (χ0) is 28.5. The quantitative estimate of drug-likeness (QED) is 0.342. The number of nitrogens with zero attached hydrogens (tertiary/aromatic N) is 7. The van der Waals surface area contributed by atoms with Gasteiger partial charge in [-0.2, -0.15) is 4.98 Å². The third-order valence-corrected chi connectivity index (χ3v) is 8.16. The largest absolute Gasteiger partial charge is 0.439 e. The van der Waals surface area contributed by atoms with E-state index in [2.05, 4.69) is 43.4 Å². The molecule has 2 fully saturated rings. The summed E-state index contributed by atoms with van der Waals surface area (Å²) >= 11 is 6.37. The maximum atomic E-state index is 11.8. The molecule has 2 unspecified atom stereocenters. The van der Waals surface area contributed by atoms with Crippen molar-refractivity contribution in [2.45, 2.75) is 57.7 Å². The summed E-state index contributed by atoms with van der Waals surface area (Å²) in [6.45, 7) is 3.88. The van der Waals surface area contributed by atoms with E-state index >= 15 is 0 Å². The van der Waals surface area contributed by atoms with Crippen LogP contribution in [-0.2, 0) is 11.3 Å². The minimum Gasteiger partial charge on any atom is -0.362 e. The van der Waals surface area contributed by atoms with Crippen molar-refractivity contribution in [3.05, 3.63) is 34.0 Å². The first-order valence-corrected chi connectivity index (χ1v) is 14.1. The van der Waals surface area contributed by atoms with Crippen LogP contribution < -0.4 is 10.7 Å². The highest BCUT2D eigenvalue weighted by molar-refractivity contribution is 6.30. The summed E-state index contributed by atoms with van der Waals surface area (Å²) in [6, 6.07) is 1.72. The van der Waals surface area contributed by atoms with E-state index in [1.54, 1.807) is 18.5 Å². The first-order valence-electron chi connectivity index (χ1n) is 13.7. The molecule has 1 aliphatic heterocycles. The zero-order valence-corrected chi connectivity index (χ0v) is 23.3. The van der Waals surface area contributed by atoms with Gasteiger partial charge in [0.05, 0.1) is 17.7 Å². The standard InChI is InChI=1S/C29H29ClN8O3/c1-4-17-7-9-18(10-8-17)16-38-24-23(19-13-20(30)15-31-14-19)32-26(27-35-29(39)41-36-27)33-25(24)34-28(38)37-11-12-40-22(6-3)21(37)5-2/h1,3,13-15,17-18,21-22H,5,7-12,16H2,2H3,(H,35,36,39). The molecule has 11 nitrogen and oxygen atoms in total. The van der Waals surface area contributed by atoms with Crippen molar-refractivity contribution in [2.24, 2.45) is 11.8 Å². The second-order valence-corrected chi connectivity index (χ2v) is 10.9. The Morgan fingerprint density at radius 3 is 2.66 bits per heavy atom. The van der Waals surface area contributed by atoms with Crippen molar-refractivity contribution in [1.82, 2.24) is 34.6 Å². The Kier molecular flexibility index (Phi) is 7.48. The van der Waals surface area contributed by atoms with Gasteiger partial charge >= 0.3 is 5.76 Å². The van der Waals surface area contributed by atoms with Crippen LogP contribution in [0.25, 0.3) is 34.1 Å². The first-order chi connectivity index (χ1) is 20.0. The van der Waals surface area contributed by atoms with Gasteiger partial charge in [-0.3, -0.25) is 14.5 Å². The van der Waals surface area contributed by atoms with Gasteiger partial charge in [-0.05, 0) is 44.1 Å². The predicted molar refractivity (Wildman–Crippen MR) is 154 cm³/mol. The SMILES string of the molecule is C#CC1CCC(Cn2c(N3CCOC(C#C)C3CC)nc3nc(-c4noc(=O)[nH]4)nc(-c4cncc(Cl)c4)c32)CC1. The number of rotatable bonds is 6. The minimum atomic E-state index is -0.706. The van der Waals surface area contributed by atoms with E-state index < -0.39 is 5.76 Å². The number of halogens is 1. The van der Waals surface area contributed by atoms with Crippen molar-refractivity contribution in [3.63, 3.8) is 0 Å². The number of aromatic nitrogens is 7. The topological polar surface area (TPSA) is 128 Å². The summed E-state index contributed by atoms with van der Waals surface area (Å²) in [5, 5.41) is 4.27. The van der Waals surface area contributed by atoms with Crippen LogP contribution in [0.1, 0.15) is 39.0 Å². The molecule has 6 rings (SSSR count). The number of morpholine rings is 1. The summed E-state index contributed by atoms with van der Waals surface area (Å²) in [5.74, 6) is 6.73. The smallest absolute Gasteiger partial charge is 0.362 e. The first kappa shape index (κ1) is 27.0. The number of ether oxygens (including phenoxy) is 1. The molecule has 210 valence electrons. The molecule has 0 aromatic carbocycles. The number of pyridine rings is 1. The Labute approximate surface area is 241 Å². The fourth-order valence-corrected chi connectivity index (χ4v) is 6.10. The molecule has 12 heteroatoms. The third-order valence-electron chi connectivity index (χ3n) is 7.96. The molecule has 4 aromatic heterocycles. The lowest BCUT2D eigenvalue weighted by atomic mass is 9.82. The Morgan fingerprint density at radius 2 is 1.98 bits per heavy atom. The Balaban J connectivity index is 1.57. The number of H-pyrrole nitrogens is 1. The number of aromatic amines is 1. The zero-order valence-electron chi connectivity index (χ0n) is 22.6. The summed E-state index contributed by atoms with van der Waals surface area (Å²) in [6.07, 6.45) is 19.2. The molecule has 1 aliphatic carbocycles. The number of hydrogen-bond donors (Lipinski definition) is 1. The van der Waals surface area contributed by atoms with Crippen LogP contribution in [0.3, 0.4) is 0 Å². The molecule has 1 saturated heterocycles. The molecule has 4 aromatic rings. The second-order valence-electron chi connectivity index (χ2n) is 10.4. The summed E-state index contributed by atoms with van der Waals surface area (Å²) in [7, 11) is 0. The predicted octanol–water partition coefficient (Wildman–Crippen LogP) is 3.94. The number of terminal acetylenes is 2. The molecule has 2 atom stereocenters. The second kappa shape index (κ2) is 11.4. The van der Waals surface area contributed by atoms with Crippen molar-refractivity contribution in [1.29, 1.82) is 0 Å². The van der Waals surface area contributed by atoms with Gasteiger partial charge in [-0.15, -0.1) is 18.8 Å². The maximum absolute atomic E-state index is 11.8. The number of nitrogens with one attached hydrogen (secondary N) is 1. The molecule has 41 heavy (non-hydrogen) atoms. The summed E-state index contributed by atoms with van der Waals surface area (Å²) < 4.78 is 12.9. The van der Waals surface area contributed by atoms with Crippen LogP contribution in [0.5, 0.6) is 0 Å². The van der Waals surface area contributed by atoms with Gasteiger partial charge in [0.15, 0.2) is 5.65 Å². The molecule has 0 spiro atoms. The van der Waals surface area contributed by atoms with Crippen LogP contribution in [0.15, 0.2) is 27.8 Å². The van der Waals surface area contributed by atoms with Crippen molar-refractivity contribution in [3.8, 4) is 47.6 Å². The lowest BCUT2D eigenvalue weighted by molar-refractivity contribution is 0.0463. The fraction of sp³-hybridized carbons (Fsp3) is 0.448. The van der Waals surface area contributed by atoms with Crippen molar-refractivity contribution >= 4 is 28.7 Å². The number of fused-ring (bicyclic) bond motifs is 1. The number of hydrogen-bond acceptors (Lipinski definition) is 9. The van der Waals surface area contributed by atoms with E-state index in [1.165, 1.54) is 0 Å². The van der Waals surface area contributed by atoms with Gasteiger partial charge in [-0.25, -0.2) is 14.8 Å². The van der Waals surface area contributed by atoms with E-state index in [0.717, 1.165) is 43.6 Å². The third kappa shape index (κ3) is 5.19. The van der Waals surface area contributed by atoms with Crippen LogP contribution in [0, 0.1) is 36.5 Å². The van der Waals surface area contributed by atoms with Gasteiger partial charge in [0, 0.05) is 37.0 Å². The van der Waals surface area contributed by atoms with Crippen LogP contribution in [-0.4, -0.2) is 59.9 Å². The highest BCUT2D eigenvalue weighted by Crippen LogP contribution is 2.37. The van der Waals surface area contributed by atoms with Crippen molar-refractivity contribution in [2.75, 3.05) is 18.1 Å². The Hall–Kier alpha value is -4.19. The Bertz CT molecular complexity index is 1710. The highest BCUT2D eigenvalue weighted by Gasteiger charge is 2.35. The minimum absolute atomic E-state index is 0.0721. The van der Waals surface area contributed by atoms with E-state index in [4.69, 9.17) is 48.7 Å². The van der Waals surface area contributed by atoms with E-state index in [0.29, 0.717) is 53.5 Å². The van der Waals surface area contributed by atoms with E-state index in [1.807, 2.05) is 0 Å². The summed E-state index contributed by atoms with van der Waals surface area (Å²) in [4.78, 5) is 35.5. The maximum Gasteiger partial charge on any atom is 0.439 e. The van der Waals surface area contributed by atoms with E-state index in [9.17, 15) is 4.79 Å². The molecule has 2 aliphatic rings. The average Bonchev–Trinajstić information content (AvgIpc) is 3.60. The molecular formula is C29H29ClN8O3. The van der Waals surface area contributed by atoms with Gasteiger partial charge in [-0.1, -0.05) is 29.6 Å². The van der Waals surface area contributed by atoms with Crippen LogP contribution in [0.2, 0.25) is 5.02 Å². The van der Waals surface area contributed by atoms with Crippen LogP contribution in [0.4, 0.5) is 5.95 Å². The van der Waals surface area contributed by atoms with Crippen molar-refractivity contribution < 1.29 is 9.26 Å². The van der Waals surface area contributed by atoms with E-state index in [-0.39, 0.29) is 23.8 Å². The molecule has 0 bridgehead atoms. The molecule has 5 heterocycles. The molecule has 0 amide bonds. The monoisotopic (exact) mass is 572 g/mol. The fourth-order valence-electron chi connectivity index (χ4n) is 5.92. The van der Waals surface area contributed by atoms with Gasteiger partial charge in [0.25, 0.3) is 0 Å². The number of imidazole rings is 1. The molecule has 1 N–H and O–H groups in total. The highest BCUT2D eigenvalue weighted by atomic mass is 35.5. The number of anilines is 1. The summed E-state index contributed by atoms with van der Waals surface area (Å²) in [5.41, 5.74) is 2.42. The molecule has 0 radical (unpaired) electrons. The molecule has 1 saturated carbocycles. The normalized spacial score (nSPS) is 22.9. The van der Waals surface area contributed by atoms with Gasteiger partial charge in [0.1, 0.15) is 17.3 Å². The lowest BCUT2D eigenvalue weighted by Crippen LogP contribution is -2.51.